The van der Waals surface area contributed by atoms with Crippen LogP contribution in [0.3, 0.4) is 0 Å². The van der Waals surface area contributed by atoms with Crippen molar-refractivity contribution in [2.45, 2.75) is 19.4 Å². The summed E-state index contributed by atoms with van der Waals surface area (Å²) >= 11 is 3.33. The van der Waals surface area contributed by atoms with Gasteiger partial charge in [0.1, 0.15) is 11.2 Å². The van der Waals surface area contributed by atoms with Gasteiger partial charge in [-0.1, -0.05) is 5.16 Å². The van der Waals surface area contributed by atoms with E-state index < -0.39 is 6.09 Å². The molecule has 20 heavy (non-hydrogen) atoms. The van der Waals surface area contributed by atoms with E-state index >= 15 is 0 Å². The number of pyridine rings is 1. The van der Waals surface area contributed by atoms with Gasteiger partial charge in [0.05, 0.1) is 12.3 Å². The fourth-order valence-corrected chi connectivity index (χ4v) is 2.19. The number of ether oxygens (including phenoxy) is 1. The molecular weight excluding hydrogens is 330 g/mol. The minimum Gasteiger partial charge on any atom is -0.487 e. The zero-order valence-corrected chi connectivity index (χ0v) is 12.4. The maximum atomic E-state index is 10.4. The third kappa shape index (κ3) is 4.09. The topological polar surface area (TPSA) is 93.0 Å². The van der Waals surface area contributed by atoms with Crippen LogP contribution in [0.15, 0.2) is 21.9 Å². The molecule has 0 aliphatic carbocycles. The number of oxime groups is 1. The standard InChI is InChI=1S/C12H14BrN3O4/c1-7-2-3-10(11(13)15-7)19-6-9-4-8(16-20-9)5-14-12(17)18/h2-3,9,14H,4-6H2,1H3,(H,17,18). The number of hydrogen-bond donors (Lipinski definition) is 2. The van der Waals surface area contributed by atoms with Crippen LogP contribution in [0.1, 0.15) is 12.1 Å². The molecule has 1 aliphatic heterocycles. The Hall–Kier alpha value is -1.83. The lowest BCUT2D eigenvalue weighted by molar-refractivity contribution is 0.0467. The molecule has 1 amide bonds. The Morgan fingerprint density at radius 2 is 2.45 bits per heavy atom. The summed E-state index contributed by atoms with van der Waals surface area (Å²) in [5.41, 5.74) is 1.55. The van der Waals surface area contributed by atoms with Crippen LogP contribution in [-0.4, -0.2) is 41.2 Å². The third-order valence-electron chi connectivity index (χ3n) is 2.62. The first kappa shape index (κ1) is 14.6. The Kier molecular flexibility index (Phi) is 4.78. The minimum atomic E-state index is -1.08. The van der Waals surface area contributed by atoms with Crippen LogP contribution in [0.25, 0.3) is 0 Å². The lowest BCUT2D eigenvalue weighted by Gasteiger charge is -2.11. The molecule has 1 atom stereocenters. The maximum Gasteiger partial charge on any atom is 0.404 e. The van der Waals surface area contributed by atoms with Crippen LogP contribution >= 0.6 is 15.9 Å². The molecular formula is C12H14BrN3O4. The first-order valence-corrected chi connectivity index (χ1v) is 6.78. The van der Waals surface area contributed by atoms with Crippen LogP contribution in [0.5, 0.6) is 5.75 Å². The van der Waals surface area contributed by atoms with E-state index in [-0.39, 0.29) is 12.6 Å². The first-order valence-electron chi connectivity index (χ1n) is 5.99. The third-order valence-corrected chi connectivity index (χ3v) is 3.18. The number of carbonyl (C=O) groups is 1. The number of rotatable bonds is 5. The number of nitrogens with one attached hydrogen (secondary N) is 1. The second kappa shape index (κ2) is 6.56. The van der Waals surface area contributed by atoms with Gasteiger partial charge in [-0.3, -0.25) is 0 Å². The number of amides is 1. The van der Waals surface area contributed by atoms with Crippen molar-refractivity contribution >= 4 is 27.7 Å². The predicted octanol–water partition coefficient (Wildman–Crippen LogP) is 1.94. The lowest BCUT2D eigenvalue weighted by Crippen LogP contribution is -2.28. The van der Waals surface area contributed by atoms with E-state index in [0.717, 1.165) is 5.69 Å². The molecule has 0 saturated heterocycles. The van der Waals surface area contributed by atoms with Crippen molar-refractivity contribution < 1.29 is 19.5 Å². The molecule has 1 aromatic heterocycles. The van der Waals surface area contributed by atoms with E-state index in [0.29, 0.717) is 29.1 Å². The zero-order chi connectivity index (χ0) is 14.5. The molecule has 0 radical (unpaired) electrons. The van der Waals surface area contributed by atoms with Crippen LogP contribution in [0.4, 0.5) is 4.79 Å². The Morgan fingerprint density at radius 1 is 1.65 bits per heavy atom. The lowest BCUT2D eigenvalue weighted by atomic mass is 10.2. The van der Waals surface area contributed by atoms with Crippen molar-refractivity contribution in [2.75, 3.05) is 13.2 Å². The summed E-state index contributed by atoms with van der Waals surface area (Å²) in [5, 5.41) is 14.6. The Labute approximate surface area is 124 Å². The van der Waals surface area contributed by atoms with Crippen LogP contribution in [-0.2, 0) is 4.84 Å². The summed E-state index contributed by atoms with van der Waals surface area (Å²) in [6, 6.07) is 3.68. The zero-order valence-electron chi connectivity index (χ0n) is 10.8. The molecule has 2 N–H and O–H groups in total. The van der Waals surface area contributed by atoms with Crippen molar-refractivity contribution in [1.82, 2.24) is 10.3 Å². The van der Waals surface area contributed by atoms with Crippen molar-refractivity contribution in [1.29, 1.82) is 0 Å². The summed E-state index contributed by atoms with van der Waals surface area (Å²) in [4.78, 5) is 19.8. The fraction of sp³-hybridized carbons (Fsp3) is 0.417. The Balaban J connectivity index is 1.78. The molecule has 0 fully saturated rings. The summed E-state index contributed by atoms with van der Waals surface area (Å²) in [7, 11) is 0. The number of nitrogens with zero attached hydrogens (tertiary/aromatic N) is 2. The highest BCUT2D eigenvalue weighted by Gasteiger charge is 2.22. The highest BCUT2D eigenvalue weighted by molar-refractivity contribution is 9.10. The molecule has 0 spiro atoms. The second-order valence-electron chi connectivity index (χ2n) is 4.30. The van der Waals surface area contributed by atoms with E-state index in [9.17, 15) is 4.79 Å². The maximum absolute atomic E-state index is 10.4. The van der Waals surface area contributed by atoms with Crippen LogP contribution in [0, 0.1) is 6.92 Å². The molecule has 1 unspecified atom stereocenters. The predicted molar refractivity (Wildman–Crippen MR) is 75.1 cm³/mol. The normalized spacial score (nSPS) is 17.3. The number of aromatic nitrogens is 1. The van der Waals surface area contributed by atoms with Gasteiger partial charge in [-0.2, -0.15) is 0 Å². The van der Waals surface area contributed by atoms with Gasteiger partial charge < -0.3 is 20.0 Å². The van der Waals surface area contributed by atoms with Gasteiger partial charge in [-0.05, 0) is 35.0 Å². The van der Waals surface area contributed by atoms with Crippen molar-refractivity contribution in [3.8, 4) is 5.75 Å². The van der Waals surface area contributed by atoms with Gasteiger partial charge in [0, 0.05) is 12.1 Å². The average molecular weight is 344 g/mol. The van der Waals surface area contributed by atoms with Gasteiger partial charge in [0.15, 0.2) is 11.9 Å². The Bertz CT molecular complexity index is 535. The van der Waals surface area contributed by atoms with E-state index in [1.165, 1.54) is 0 Å². The van der Waals surface area contributed by atoms with Gasteiger partial charge >= 0.3 is 6.09 Å². The SMILES string of the molecule is Cc1ccc(OCC2CC(CNC(=O)O)=NO2)c(Br)n1. The number of hydrogen-bond acceptors (Lipinski definition) is 5. The number of halogens is 1. The van der Waals surface area contributed by atoms with E-state index in [1.54, 1.807) is 0 Å². The van der Waals surface area contributed by atoms with E-state index in [1.807, 2.05) is 19.1 Å². The quantitative estimate of drug-likeness (QED) is 0.797. The summed E-state index contributed by atoms with van der Waals surface area (Å²) in [5.74, 6) is 0.635. The number of carboxylic acid groups (broad SMARTS) is 1. The average Bonchev–Trinajstić information content (AvgIpc) is 2.83. The molecule has 1 aliphatic rings. The summed E-state index contributed by atoms with van der Waals surface area (Å²) in [6.45, 7) is 2.38. The molecule has 1 aromatic rings. The highest BCUT2D eigenvalue weighted by Crippen LogP contribution is 2.23. The van der Waals surface area contributed by atoms with Gasteiger partial charge in [-0.15, -0.1) is 0 Å². The van der Waals surface area contributed by atoms with E-state index in [4.69, 9.17) is 14.7 Å². The minimum absolute atomic E-state index is 0.168. The molecule has 0 saturated carbocycles. The van der Waals surface area contributed by atoms with Crippen molar-refractivity contribution in [3.05, 3.63) is 22.4 Å². The summed E-state index contributed by atoms with van der Waals surface area (Å²) < 4.78 is 6.25. The van der Waals surface area contributed by atoms with Crippen LogP contribution < -0.4 is 10.1 Å². The molecule has 2 rings (SSSR count). The monoisotopic (exact) mass is 343 g/mol. The first-order chi connectivity index (χ1) is 9.54. The summed E-state index contributed by atoms with van der Waals surface area (Å²) in [6.07, 6.45) is -0.757. The van der Waals surface area contributed by atoms with Gasteiger partial charge in [-0.25, -0.2) is 9.78 Å². The van der Waals surface area contributed by atoms with Crippen molar-refractivity contribution in [2.24, 2.45) is 5.16 Å². The molecule has 0 bridgehead atoms. The largest absolute Gasteiger partial charge is 0.487 e. The van der Waals surface area contributed by atoms with Crippen LogP contribution in [0.2, 0.25) is 0 Å². The smallest absolute Gasteiger partial charge is 0.404 e. The number of aryl methyl sites for hydroxylation is 1. The van der Waals surface area contributed by atoms with Gasteiger partial charge in [0.2, 0.25) is 0 Å². The highest BCUT2D eigenvalue weighted by atomic mass is 79.9. The fourth-order valence-electron chi connectivity index (χ4n) is 1.66. The van der Waals surface area contributed by atoms with Crippen molar-refractivity contribution in [3.63, 3.8) is 0 Å². The van der Waals surface area contributed by atoms with Gasteiger partial charge in [0.25, 0.3) is 0 Å². The molecule has 7 nitrogen and oxygen atoms in total. The molecule has 108 valence electrons. The van der Waals surface area contributed by atoms with E-state index in [2.05, 4.69) is 31.4 Å². The molecule has 0 aromatic carbocycles. The molecule has 2 heterocycles. The second-order valence-corrected chi connectivity index (χ2v) is 5.05. The Morgan fingerprint density at radius 3 is 3.15 bits per heavy atom. The molecule has 8 heteroatoms.